The van der Waals surface area contributed by atoms with Crippen molar-refractivity contribution in [2.75, 3.05) is 18.4 Å². The van der Waals surface area contributed by atoms with Crippen molar-refractivity contribution in [3.8, 4) is 11.4 Å². The number of benzene rings is 1. The van der Waals surface area contributed by atoms with Gasteiger partial charge in [-0.3, -0.25) is 0 Å². The monoisotopic (exact) mass is 381 g/mol. The molecule has 2 N–H and O–H groups in total. The number of fused-ring (bicyclic) bond motifs is 1. The SMILES string of the molecule is O=C(Nc1cccc(-c2nnc3n2CCC3)c1)N1CCC(O)(C(F)(F)F)C1. The average Bonchev–Trinajstić information content (AvgIpc) is 3.29. The zero-order valence-corrected chi connectivity index (χ0v) is 14.3. The highest BCUT2D eigenvalue weighted by Crippen LogP contribution is 2.37. The number of carbonyl (C=O) groups excluding carboxylic acids is 1. The van der Waals surface area contributed by atoms with Gasteiger partial charge in [0.05, 0.1) is 6.54 Å². The van der Waals surface area contributed by atoms with Gasteiger partial charge in [0, 0.05) is 37.2 Å². The Morgan fingerprint density at radius 1 is 1.26 bits per heavy atom. The van der Waals surface area contributed by atoms with Crippen LogP contribution in [0.5, 0.6) is 0 Å². The van der Waals surface area contributed by atoms with E-state index in [2.05, 4.69) is 15.5 Å². The van der Waals surface area contributed by atoms with Crippen LogP contribution in [0.2, 0.25) is 0 Å². The molecule has 0 radical (unpaired) electrons. The Morgan fingerprint density at radius 2 is 2.07 bits per heavy atom. The highest BCUT2D eigenvalue weighted by molar-refractivity contribution is 5.90. The standard InChI is InChI=1S/C17H18F3N5O2/c18-17(19,20)16(27)6-8-24(10-16)15(26)21-12-4-1-3-11(9-12)14-23-22-13-5-2-7-25(13)14/h1,3-4,9,27H,2,5-8,10H2,(H,21,26). The topological polar surface area (TPSA) is 83.3 Å². The molecule has 1 atom stereocenters. The Labute approximate surface area is 152 Å². The fourth-order valence-electron chi connectivity index (χ4n) is 3.50. The van der Waals surface area contributed by atoms with E-state index < -0.39 is 30.8 Å². The minimum absolute atomic E-state index is 0.167. The number of aliphatic hydroxyl groups is 1. The third-order valence-corrected chi connectivity index (χ3v) is 5.04. The summed E-state index contributed by atoms with van der Waals surface area (Å²) < 4.78 is 40.7. The highest BCUT2D eigenvalue weighted by Gasteiger charge is 2.57. The van der Waals surface area contributed by atoms with Crippen molar-refractivity contribution >= 4 is 11.7 Å². The molecule has 2 amide bonds. The molecule has 0 aliphatic carbocycles. The number of hydrogen-bond acceptors (Lipinski definition) is 4. The van der Waals surface area contributed by atoms with E-state index in [1.807, 2.05) is 10.6 Å². The smallest absolute Gasteiger partial charge is 0.379 e. The average molecular weight is 381 g/mol. The van der Waals surface area contributed by atoms with E-state index >= 15 is 0 Å². The Morgan fingerprint density at radius 3 is 2.81 bits per heavy atom. The number of carbonyl (C=O) groups is 1. The third kappa shape index (κ3) is 3.14. The first-order valence-corrected chi connectivity index (χ1v) is 8.64. The molecule has 7 nitrogen and oxygen atoms in total. The number of anilines is 1. The first kappa shape index (κ1) is 17.8. The molecule has 1 aromatic carbocycles. The van der Waals surface area contributed by atoms with E-state index in [1.165, 1.54) is 0 Å². The molecule has 2 aromatic rings. The van der Waals surface area contributed by atoms with Crippen molar-refractivity contribution in [1.29, 1.82) is 0 Å². The van der Waals surface area contributed by atoms with Gasteiger partial charge in [0.25, 0.3) is 0 Å². The van der Waals surface area contributed by atoms with Gasteiger partial charge in [-0.15, -0.1) is 10.2 Å². The van der Waals surface area contributed by atoms with Gasteiger partial charge in [-0.25, -0.2) is 4.79 Å². The molecule has 0 spiro atoms. The van der Waals surface area contributed by atoms with E-state index in [4.69, 9.17) is 0 Å². The quantitative estimate of drug-likeness (QED) is 0.837. The van der Waals surface area contributed by atoms with Crippen molar-refractivity contribution in [3.05, 3.63) is 30.1 Å². The van der Waals surface area contributed by atoms with Crippen molar-refractivity contribution in [3.63, 3.8) is 0 Å². The second-order valence-electron chi connectivity index (χ2n) is 6.91. The summed E-state index contributed by atoms with van der Waals surface area (Å²) in [4.78, 5) is 13.3. The predicted molar refractivity (Wildman–Crippen MR) is 90.0 cm³/mol. The molecule has 1 fully saturated rings. The van der Waals surface area contributed by atoms with Gasteiger partial charge in [0.1, 0.15) is 5.82 Å². The Bertz CT molecular complexity index is 882. The molecular formula is C17H18F3N5O2. The first-order valence-electron chi connectivity index (χ1n) is 8.64. The molecule has 3 heterocycles. The van der Waals surface area contributed by atoms with E-state index in [9.17, 15) is 23.1 Å². The number of β-amino-alcohol motifs (C(OH)–C–C–N with tert-alkyl or cyclic N) is 1. The molecule has 0 saturated carbocycles. The summed E-state index contributed by atoms with van der Waals surface area (Å²) in [6.07, 6.45) is -3.42. The lowest BCUT2D eigenvalue weighted by Crippen LogP contribution is -2.48. The van der Waals surface area contributed by atoms with Gasteiger partial charge in [-0.05, 0) is 18.6 Å². The number of aryl methyl sites for hydroxylation is 1. The molecule has 144 valence electrons. The number of likely N-dealkylation sites (tertiary alicyclic amines) is 1. The normalized spacial score (nSPS) is 22.1. The Kier molecular flexibility index (Phi) is 4.10. The highest BCUT2D eigenvalue weighted by atomic mass is 19.4. The van der Waals surface area contributed by atoms with Crippen molar-refractivity contribution in [2.24, 2.45) is 0 Å². The van der Waals surface area contributed by atoms with Gasteiger partial charge >= 0.3 is 12.2 Å². The fraction of sp³-hybridized carbons (Fsp3) is 0.471. The molecule has 0 bridgehead atoms. The van der Waals surface area contributed by atoms with Crippen LogP contribution in [0.15, 0.2) is 24.3 Å². The number of alkyl halides is 3. The maximum absolute atomic E-state index is 12.9. The predicted octanol–water partition coefficient (Wildman–Crippen LogP) is 2.42. The molecule has 1 aromatic heterocycles. The maximum Gasteiger partial charge on any atom is 0.419 e. The van der Waals surface area contributed by atoms with Crippen LogP contribution in [0.4, 0.5) is 23.7 Å². The van der Waals surface area contributed by atoms with E-state index in [-0.39, 0.29) is 6.54 Å². The number of hydrogen-bond donors (Lipinski definition) is 2. The van der Waals surface area contributed by atoms with Crippen LogP contribution in [0.3, 0.4) is 0 Å². The molecule has 1 unspecified atom stereocenters. The van der Waals surface area contributed by atoms with Crippen molar-refractivity contribution in [2.45, 2.75) is 37.6 Å². The number of amides is 2. The minimum atomic E-state index is -4.77. The second kappa shape index (κ2) is 6.22. The summed E-state index contributed by atoms with van der Waals surface area (Å²) in [6.45, 7) is -0.114. The fourth-order valence-corrected chi connectivity index (χ4v) is 3.50. The summed E-state index contributed by atoms with van der Waals surface area (Å²) in [5.41, 5.74) is -1.65. The number of aromatic nitrogens is 3. The maximum atomic E-state index is 12.9. The number of urea groups is 1. The summed E-state index contributed by atoms with van der Waals surface area (Å²) in [7, 11) is 0. The van der Waals surface area contributed by atoms with Crippen LogP contribution in [0.25, 0.3) is 11.4 Å². The van der Waals surface area contributed by atoms with Gasteiger partial charge in [-0.1, -0.05) is 12.1 Å². The van der Waals surface area contributed by atoms with E-state index in [0.29, 0.717) is 11.5 Å². The lowest BCUT2D eigenvalue weighted by atomic mass is 10.0. The molecule has 2 aliphatic rings. The van der Waals surface area contributed by atoms with Gasteiger partial charge in [0.15, 0.2) is 11.4 Å². The number of halogens is 3. The molecule has 10 heteroatoms. The van der Waals surface area contributed by atoms with Crippen LogP contribution in [-0.4, -0.2) is 55.7 Å². The minimum Gasteiger partial charge on any atom is -0.379 e. The summed E-state index contributed by atoms with van der Waals surface area (Å²) in [6, 6.07) is 6.24. The molecular weight excluding hydrogens is 363 g/mol. The lowest BCUT2D eigenvalue weighted by molar-refractivity contribution is -0.253. The zero-order valence-electron chi connectivity index (χ0n) is 14.3. The van der Waals surface area contributed by atoms with Crippen LogP contribution in [0.1, 0.15) is 18.7 Å². The third-order valence-electron chi connectivity index (χ3n) is 5.04. The van der Waals surface area contributed by atoms with Crippen LogP contribution >= 0.6 is 0 Å². The number of nitrogens with one attached hydrogen (secondary N) is 1. The second-order valence-corrected chi connectivity index (χ2v) is 6.91. The number of rotatable bonds is 2. The molecule has 27 heavy (non-hydrogen) atoms. The van der Waals surface area contributed by atoms with E-state index in [1.54, 1.807) is 18.2 Å². The van der Waals surface area contributed by atoms with Crippen molar-refractivity contribution < 1.29 is 23.1 Å². The van der Waals surface area contributed by atoms with Crippen LogP contribution < -0.4 is 5.32 Å². The van der Waals surface area contributed by atoms with Gasteiger partial charge in [-0.2, -0.15) is 13.2 Å². The Balaban J connectivity index is 1.48. The summed E-state index contributed by atoms with van der Waals surface area (Å²) in [5.74, 6) is 1.62. The number of nitrogens with zero attached hydrogens (tertiary/aromatic N) is 4. The molecule has 1 saturated heterocycles. The molecule has 2 aliphatic heterocycles. The Hall–Kier alpha value is -2.62. The zero-order chi connectivity index (χ0) is 19.2. The van der Waals surface area contributed by atoms with Gasteiger partial charge < -0.3 is 19.9 Å². The summed E-state index contributed by atoms with van der Waals surface area (Å²) in [5, 5.41) is 20.6. The van der Waals surface area contributed by atoms with E-state index in [0.717, 1.165) is 35.7 Å². The van der Waals surface area contributed by atoms with Crippen LogP contribution in [0, 0.1) is 0 Å². The molecule has 4 rings (SSSR count). The first-order chi connectivity index (χ1) is 12.8. The lowest BCUT2D eigenvalue weighted by Gasteiger charge is -2.26. The largest absolute Gasteiger partial charge is 0.419 e. The summed E-state index contributed by atoms with van der Waals surface area (Å²) >= 11 is 0. The van der Waals surface area contributed by atoms with Gasteiger partial charge in [0.2, 0.25) is 0 Å². The van der Waals surface area contributed by atoms with Crippen molar-refractivity contribution in [1.82, 2.24) is 19.7 Å². The van der Waals surface area contributed by atoms with Crippen LogP contribution in [-0.2, 0) is 13.0 Å².